The lowest BCUT2D eigenvalue weighted by Crippen LogP contribution is -2.48. The Morgan fingerprint density at radius 2 is 1.64 bits per heavy atom. The molecule has 0 aliphatic heterocycles. The van der Waals surface area contributed by atoms with Crippen LogP contribution in [0.15, 0.2) is 0 Å². The summed E-state index contributed by atoms with van der Waals surface area (Å²) < 4.78 is 0. The minimum Gasteiger partial charge on any atom is -0.480 e. The zero-order valence-electron chi connectivity index (χ0n) is 8.52. The molecule has 2 aliphatic carbocycles. The Morgan fingerprint density at radius 1 is 1.29 bits per heavy atom. The van der Waals surface area contributed by atoms with Crippen LogP contribution in [0.25, 0.3) is 0 Å². The van der Waals surface area contributed by atoms with Crippen LogP contribution in [0.5, 0.6) is 0 Å². The molecule has 0 saturated heterocycles. The van der Waals surface area contributed by atoms with Gasteiger partial charge in [-0.2, -0.15) is 5.12 Å². The quantitative estimate of drug-likeness (QED) is 0.442. The third-order valence-corrected chi connectivity index (χ3v) is 3.29. The highest BCUT2D eigenvalue weighted by Gasteiger charge is 2.37. The Morgan fingerprint density at radius 3 is 1.64 bits per heavy atom. The SMILES string of the molecule is C1CC2CCC12.CC(C(=O)O)N(N)N. The third kappa shape index (κ3) is 2.67. The van der Waals surface area contributed by atoms with Gasteiger partial charge in [0.05, 0.1) is 0 Å². The average molecular weight is 201 g/mol. The Kier molecular flexibility index (Phi) is 3.86. The molecule has 0 spiro atoms. The number of rotatable bonds is 2. The minimum absolute atomic E-state index is 0.641. The predicted octanol–water partition coefficient (Wildman–Crippen LogP) is 0.315. The van der Waals surface area contributed by atoms with Crippen LogP contribution in [-0.2, 0) is 4.79 Å². The van der Waals surface area contributed by atoms with Crippen LogP contribution in [0.1, 0.15) is 32.6 Å². The molecular weight excluding hydrogens is 182 g/mol. The van der Waals surface area contributed by atoms with E-state index in [9.17, 15) is 4.79 Å². The molecule has 2 rings (SSSR count). The van der Waals surface area contributed by atoms with Crippen molar-refractivity contribution in [1.29, 1.82) is 0 Å². The van der Waals surface area contributed by atoms with E-state index in [0.29, 0.717) is 5.12 Å². The van der Waals surface area contributed by atoms with E-state index >= 15 is 0 Å². The molecule has 82 valence electrons. The van der Waals surface area contributed by atoms with Crippen molar-refractivity contribution in [3.63, 3.8) is 0 Å². The van der Waals surface area contributed by atoms with Crippen LogP contribution in [0, 0.1) is 11.8 Å². The van der Waals surface area contributed by atoms with E-state index in [2.05, 4.69) is 0 Å². The summed E-state index contributed by atoms with van der Waals surface area (Å²) in [5.41, 5.74) is 0. The summed E-state index contributed by atoms with van der Waals surface area (Å²) in [5.74, 6) is 11.1. The first kappa shape index (κ1) is 11.4. The van der Waals surface area contributed by atoms with Gasteiger partial charge in [-0.1, -0.05) is 0 Å². The maximum atomic E-state index is 9.94. The van der Waals surface area contributed by atoms with E-state index in [0.717, 1.165) is 0 Å². The molecule has 1 unspecified atom stereocenters. The fourth-order valence-corrected chi connectivity index (χ4v) is 1.69. The molecule has 0 aromatic heterocycles. The van der Waals surface area contributed by atoms with Crippen molar-refractivity contribution in [2.24, 2.45) is 23.5 Å². The second-order valence-electron chi connectivity index (χ2n) is 4.14. The first-order valence-electron chi connectivity index (χ1n) is 5.03. The highest BCUT2D eigenvalue weighted by atomic mass is 16.4. The number of carbonyl (C=O) groups is 1. The van der Waals surface area contributed by atoms with E-state index in [1.54, 1.807) is 25.7 Å². The molecule has 0 heterocycles. The smallest absolute Gasteiger partial charge is 0.323 e. The summed E-state index contributed by atoms with van der Waals surface area (Å²) in [4.78, 5) is 9.94. The molecule has 5 nitrogen and oxygen atoms in total. The highest BCUT2D eigenvalue weighted by Crippen LogP contribution is 2.49. The van der Waals surface area contributed by atoms with Gasteiger partial charge >= 0.3 is 5.97 Å². The first-order valence-corrected chi connectivity index (χ1v) is 5.03. The summed E-state index contributed by atoms with van der Waals surface area (Å²) in [6.07, 6.45) is 6.24. The van der Waals surface area contributed by atoms with Crippen molar-refractivity contribution in [1.82, 2.24) is 5.12 Å². The molecule has 14 heavy (non-hydrogen) atoms. The maximum Gasteiger partial charge on any atom is 0.323 e. The van der Waals surface area contributed by atoms with Gasteiger partial charge in [-0.25, -0.2) is 0 Å². The molecule has 5 heteroatoms. The Labute approximate surface area is 84.0 Å². The first-order chi connectivity index (χ1) is 6.52. The summed E-state index contributed by atoms with van der Waals surface area (Å²) in [5, 5.41) is 8.79. The second-order valence-corrected chi connectivity index (χ2v) is 4.14. The lowest BCUT2D eigenvalue weighted by atomic mass is 9.60. The van der Waals surface area contributed by atoms with Crippen molar-refractivity contribution in [3.8, 4) is 0 Å². The molecule has 0 radical (unpaired) electrons. The summed E-state index contributed by atoms with van der Waals surface area (Å²) in [7, 11) is 0. The largest absolute Gasteiger partial charge is 0.480 e. The van der Waals surface area contributed by atoms with Gasteiger partial charge in [0, 0.05) is 0 Å². The fourth-order valence-electron chi connectivity index (χ4n) is 1.69. The number of fused-ring (bicyclic) bond motifs is 1. The molecule has 0 aromatic carbocycles. The van der Waals surface area contributed by atoms with E-state index in [-0.39, 0.29) is 0 Å². The monoisotopic (exact) mass is 201 g/mol. The van der Waals surface area contributed by atoms with Gasteiger partial charge in [0.1, 0.15) is 6.04 Å². The van der Waals surface area contributed by atoms with Gasteiger partial charge in [0.15, 0.2) is 0 Å². The van der Waals surface area contributed by atoms with Crippen LogP contribution in [0.2, 0.25) is 0 Å². The molecule has 0 bridgehead atoms. The number of hydrogen-bond donors (Lipinski definition) is 3. The topological polar surface area (TPSA) is 92.6 Å². The number of carboxylic acid groups (broad SMARTS) is 1. The maximum absolute atomic E-state index is 9.94. The second kappa shape index (κ2) is 4.72. The fraction of sp³-hybridized carbons (Fsp3) is 0.889. The predicted molar refractivity (Wildman–Crippen MR) is 52.8 cm³/mol. The summed E-state index contributed by atoms with van der Waals surface area (Å²) >= 11 is 0. The minimum atomic E-state index is -1.03. The molecule has 0 amide bonds. The number of aliphatic carboxylic acids is 1. The van der Waals surface area contributed by atoms with Crippen molar-refractivity contribution in [2.75, 3.05) is 0 Å². The van der Waals surface area contributed by atoms with Crippen LogP contribution >= 0.6 is 0 Å². The van der Waals surface area contributed by atoms with Gasteiger partial charge in [0.25, 0.3) is 0 Å². The lowest BCUT2D eigenvalue weighted by Gasteiger charge is -2.46. The van der Waals surface area contributed by atoms with Gasteiger partial charge < -0.3 is 5.11 Å². The van der Waals surface area contributed by atoms with E-state index in [4.69, 9.17) is 16.8 Å². The Hall–Kier alpha value is -0.650. The van der Waals surface area contributed by atoms with E-state index in [1.807, 2.05) is 0 Å². The molecule has 2 saturated carbocycles. The van der Waals surface area contributed by atoms with E-state index in [1.165, 1.54) is 18.8 Å². The van der Waals surface area contributed by atoms with Crippen LogP contribution < -0.4 is 11.7 Å². The van der Waals surface area contributed by atoms with Crippen molar-refractivity contribution in [2.45, 2.75) is 38.6 Å². The Bertz CT molecular complexity index is 190. The van der Waals surface area contributed by atoms with Gasteiger partial charge in [-0.15, -0.1) is 0 Å². The number of carboxylic acids is 1. The zero-order valence-corrected chi connectivity index (χ0v) is 8.52. The molecular formula is C9H19N3O2. The van der Waals surface area contributed by atoms with Crippen LogP contribution in [-0.4, -0.2) is 22.2 Å². The van der Waals surface area contributed by atoms with Crippen LogP contribution in [0.3, 0.4) is 0 Å². The number of nitrogens with zero attached hydrogens (tertiary/aromatic N) is 1. The van der Waals surface area contributed by atoms with Crippen molar-refractivity contribution >= 4 is 5.97 Å². The van der Waals surface area contributed by atoms with Gasteiger partial charge in [0.2, 0.25) is 0 Å². The normalized spacial score (nSPS) is 30.3. The van der Waals surface area contributed by atoms with Crippen molar-refractivity contribution in [3.05, 3.63) is 0 Å². The average Bonchev–Trinajstić information content (AvgIpc) is 2.10. The lowest BCUT2D eigenvalue weighted by molar-refractivity contribution is -0.142. The number of nitrogens with two attached hydrogens (primary N) is 2. The van der Waals surface area contributed by atoms with Gasteiger partial charge in [-0.3, -0.25) is 16.5 Å². The number of hydrazine groups is 2. The highest BCUT2D eigenvalue weighted by molar-refractivity contribution is 5.72. The summed E-state index contributed by atoms with van der Waals surface area (Å²) in [6.45, 7) is 1.39. The standard InChI is InChI=1S/C6H10.C3H9N3O2/c1-2-6-4-3-5(1)6;1-2(3(7)8)6(4)5/h5-6H,1-4H2;2H,4-5H2,1H3,(H,7,8). The van der Waals surface area contributed by atoms with E-state index < -0.39 is 12.0 Å². The summed E-state index contributed by atoms with van der Waals surface area (Å²) in [6, 6.07) is -0.824. The van der Waals surface area contributed by atoms with Crippen molar-refractivity contribution < 1.29 is 9.90 Å². The van der Waals surface area contributed by atoms with Crippen LogP contribution in [0.4, 0.5) is 0 Å². The molecule has 0 aromatic rings. The molecule has 5 N–H and O–H groups in total. The third-order valence-electron chi connectivity index (χ3n) is 3.29. The molecule has 1 atom stereocenters. The molecule has 2 fully saturated rings. The number of hydrogen-bond acceptors (Lipinski definition) is 4. The zero-order chi connectivity index (χ0) is 10.7. The Balaban J connectivity index is 0.000000143. The molecule has 2 aliphatic rings. The van der Waals surface area contributed by atoms with Gasteiger partial charge in [-0.05, 0) is 44.4 Å².